The lowest BCUT2D eigenvalue weighted by Gasteiger charge is -2.31. The molecule has 2 saturated heterocycles. The van der Waals surface area contributed by atoms with E-state index in [2.05, 4.69) is 10.3 Å². The maximum Gasteiger partial charge on any atom is 0.410 e. The first-order valence-electron chi connectivity index (χ1n) is 8.83. The third-order valence-electron chi connectivity index (χ3n) is 5.17. The number of likely N-dealkylation sites (tertiary alicyclic amines) is 1. The average molecular weight is 345 g/mol. The highest BCUT2D eigenvalue weighted by Crippen LogP contribution is 2.39. The first-order chi connectivity index (χ1) is 11.8. The highest BCUT2D eigenvalue weighted by molar-refractivity contribution is 5.84. The molecule has 3 unspecified atom stereocenters. The molecule has 0 spiro atoms. The molecular weight excluding hydrogens is 321 g/mol. The monoisotopic (exact) mass is 345 g/mol. The molecule has 2 aliphatic rings. The Bertz CT molecular complexity index is 811. The van der Waals surface area contributed by atoms with Crippen molar-refractivity contribution >= 4 is 17.0 Å². The van der Waals surface area contributed by atoms with E-state index in [4.69, 9.17) is 4.74 Å². The van der Waals surface area contributed by atoms with E-state index in [1.54, 1.807) is 0 Å². The highest BCUT2D eigenvalue weighted by Gasteiger charge is 2.48. The van der Waals surface area contributed by atoms with Gasteiger partial charge in [-0.25, -0.2) is 9.18 Å². The van der Waals surface area contributed by atoms with Crippen molar-refractivity contribution < 1.29 is 13.9 Å². The average Bonchev–Trinajstić information content (AvgIpc) is 3.18. The molecule has 2 aromatic rings. The van der Waals surface area contributed by atoms with Crippen LogP contribution >= 0.6 is 0 Å². The van der Waals surface area contributed by atoms with Crippen LogP contribution in [-0.2, 0) is 4.74 Å². The number of H-pyrrole nitrogens is 1. The van der Waals surface area contributed by atoms with Crippen molar-refractivity contribution in [1.29, 1.82) is 0 Å². The van der Waals surface area contributed by atoms with Gasteiger partial charge >= 0.3 is 6.09 Å². The Morgan fingerprint density at radius 3 is 2.92 bits per heavy atom. The number of nitrogens with zero attached hydrogens (tertiary/aromatic N) is 1. The molecule has 0 saturated carbocycles. The zero-order valence-electron chi connectivity index (χ0n) is 14.8. The van der Waals surface area contributed by atoms with Crippen LogP contribution < -0.4 is 5.32 Å². The zero-order chi connectivity index (χ0) is 17.8. The number of fused-ring (bicyclic) bond motifs is 2. The summed E-state index contributed by atoms with van der Waals surface area (Å²) >= 11 is 0. The topological polar surface area (TPSA) is 57.4 Å². The molecule has 3 atom stereocenters. The van der Waals surface area contributed by atoms with E-state index in [9.17, 15) is 9.18 Å². The van der Waals surface area contributed by atoms with Crippen LogP contribution in [0.3, 0.4) is 0 Å². The summed E-state index contributed by atoms with van der Waals surface area (Å²) in [6, 6.07) is 5.16. The number of carbonyl (C=O) groups is 1. The minimum absolute atomic E-state index is 0.0684. The number of aromatic amines is 1. The number of amides is 1. The third kappa shape index (κ3) is 2.88. The second-order valence-corrected chi connectivity index (χ2v) is 8.01. The van der Waals surface area contributed by atoms with Crippen LogP contribution in [0.1, 0.15) is 38.7 Å². The van der Waals surface area contributed by atoms with Gasteiger partial charge in [-0.05, 0) is 51.0 Å². The van der Waals surface area contributed by atoms with Crippen molar-refractivity contribution in [3.63, 3.8) is 0 Å². The summed E-state index contributed by atoms with van der Waals surface area (Å²) in [5.41, 5.74) is 1.42. The molecule has 6 heteroatoms. The van der Waals surface area contributed by atoms with Gasteiger partial charge in [0.25, 0.3) is 0 Å². The van der Waals surface area contributed by atoms with Crippen LogP contribution in [0.4, 0.5) is 9.18 Å². The lowest BCUT2D eigenvalue weighted by molar-refractivity contribution is 0.0215. The van der Waals surface area contributed by atoms with E-state index in [0.29, 0.717) is 6.54 Å². The molecule has 2 aliphatic heterocycles. The largest absolute Gasteiger partial charge is 0.444 e. The summed E-state index contributed by atoms with van der Waals surface area (Å²) in [7, 11) is 0. The van der Waals surface area contributed by atoms with Gasteiger partial charge in [0.15, 0.2) is 0 Å². The Kier molecular flexibility index (Phi) is 3.76. The van der Waals surface area contributed by atoms with E-state index < -0.39 is 5.60 Å². The summed E-state index contributed by atoms with van der Waals surface area (Å²) in [4.78, 5) is 17.7. The van der Waals surface area contributed by atoms with Crippen molar-refractivity contribution in [1.82, 2.24) is 15.2 Å². The molecule has 2 N–H and O–H groups in total. The standard InChI is InChI=1S/C19H24FN3O2/c1-19(2,3)25-18(24)23-7-6-15-17(23)14(10-21-15)13-9-22-16-8-11(20)4-5-12(13)16/h4-5,8-9,14-15,17,21-22H,6-7,10H2,1-3H3. The van der Waals surface area contributed by atoms with Gasteiger partial charge in [0, 0.05) is 42.1 Å². The lowest BCUT2D eigenvalue weighted by Crippen LogP contribution is -2.44. The number of hydrogen-bond donors (Lipinski definition) is 2. The maximum atomic E-state index is 13.5. The molecule has 0 bridgehead atoms. The third-order valence-corrected chi connectivity index (χ3v) is 5.17. The van der Waals surface area contributed by atoms with Crippen LogP contribution in [-0.4, -0.2) is 46.8 Å². The first-order valence-corrected chi connectivity index (χ1v) is 8.83. The van der Waals surface area contributed by atoms with Crippen molar-refractivity contribution in [2.75, 3.05) is 13.1 Å². The van der Waals surface area contributed by atoms with Crippen LogP contribution in [0.5, 0.6) is 0 Å². The van der Waals surface area contributed by atoms with Crippen LogP contribution in [0.2, 0.25) is 0 Å². The molecule has 4 rings (SSSR count). The van der Waals surface area contributed by atoms with Gasteiger partial charge in [0.05, 0.1) is 6.04 Å². The fraction of sp³-hybridized carbons (Fsp3) is 0.526. The minimum atomic E-state index is -0.505. The summed E-state index contributed by atoms with van der Waals surface area (Å²) < 4.78 is 19.1. The van der Waals surface area contributed by atoms with Crippen molar-refractivity contribution in [3.8, 4) is 0 Å². The molecule has 5 nitrogen and oxygen atoms in total. The van der Waals surface area contributed by atoms with Crippen LogP contribution in [0.15, 0.2) is 24.4 Å². The molecule has 1 amide bonds. The number of aromatic nitrogens is 1. The molecule has 2 fully saturated rings. The fourth-order valence-electron chi connectivity index (χ4n) is 4.19. The number of nitrogens with one attached hydrogen (secondary N) is 2. The minimum Gasteiger partial charge on any atom is -0.444 e. The second kappa shape index (κ2) is 5.73. The molecular formula is C19H24FN3O2. The first kappa shape index (κ1) is 16.4. The van der Waals surface area contributed by atoms with E-state index in [1.165, 1.54) is 12.1 Å². The number of ether oxygens (including phenoxy) is 1. The van der Waals surface area contributed by atoms with Crippen LogP contribution in [0.25, 0.3) is 10.9 Å². The Labute approximate surface area is 146 Å². The molecule has 134 valence electrons. The SMILES string of the molecule is CC(C)(C)OC(=O)N1CCC2NCC(c3c[nH]c4cc(F)ccc34)C21. The van der Waals surface area contributed by atoms with Crippen molar-refractivity contribution in [3.05, 3.63) is 35.8 Å². The summed E-state index contributed by atoms with van der Waals surface area (Å²) in [5.74, 6) is -0.0844. The number of halogens is 1. The molecule has 0 aliphatic carbocycles. The van der Waals surface area contributed by atoms with E-state index >= 15 is 0 Å². The normalized spacial score (nSPS) is 26.2. The summed E-state index contributed by atoms with van der Waals surface area (Å²) in [5, 5.41) is 4.56. The molecule has 1 aromatic heterocycles. The molecule has 25 heavy (non-hydrogen) atoms. The van der Waals surface area contributed by atoms with Gasteiger partial charge in [-0.15, -0.1) is 0 Å². The quantitative estimate of drug-likeness (QED) is 0.833. The predicted molar refractivity (Wildman–Crippen MR) is 94.1 cm³/mol. The van der Waals surface area contributed by atoms with Gasteiger partial charge in [0.2, 0.25) is 0 Å². The van der Waals surface area contributed by atoms with Gasteiger partial charge in [-0.3, -0.25) is 0 Å². The number of carbonyl (C=O) groups excluding carboxylic acids is 1. The Hall–Kier alpha value is -2.08. The summed E-state index contributed by atoms with van der Waals surface area (Å²) in [6.45, 7) is 7.16. The molecule has 1 aromatic carbocycles. The van der Waals surface area contributed by atoms with Gasteiger partial charge in [0.1, 0.15) is 11.4 Å². The van der Waals surface area contributed by atoms with Crippen molar-refractivity contribution in [2.45, 2.75) is 50.8 Å². The van der Waals surface area contributed by atoms with Crippen LogP contribution in [0, 0.1) is 5.82 Å². The fourth-order valence-corrected chi connectivity index (χ4v) is 4.19. The Morgan fingerprint density at radius 2 is 2.16 bits per heavy atom. The number of benzene rings is 1. The van der Waals surface area contributed by atoms with Crippen molar-refractivity contribution in [2.24, 2.45) is 0 Å². The van der Waals surface area contributed by atoms with E-state index in [-0.39, 0.29) is 29.9 Å². The second-order valence-electron chi connectivity index (χ2n) is 8.01. The van der Waals surface area contributed by atoms with E-state index in [0.717, 1.165) is 29.4 Å². The lowest BCUT2D eigenvalue weighted by atomic mass is 9.91. The Balaban J connectivity index is 1.65. The summed E-state index contributed by atoms with van der Waals surface area (Å²) in [6.07, 6.45) is 2.63. The Morgan fingerprint density at radius 1 is 1.36 bits per heavy atom. The van der Waals surface area contributed by atoms with Gasteiger partial charge < -0.3 is 19.9 Å². The predicted octanol–water partition coefficient (Wildman–Crippen LogP) is 3.37. The van der Waals surface area contributed by atoms with Gasteiger partial charge in [-0.1, -0.05) is 0 Å². The zero-order valence-corrected chi connectivity index (χ0v) is 14.8. The smallest absolute Gasteiger partial charge is 0.410 e. The van der Waals surface area contributed by atoms with E-state index in [1.807, 2.05) is 37.9 Å². The molecule has 3 heterocycles. The highest BCUT2D eigenvalue weighted by atomic mass is 19.1. The number of hydrogen-bond acceptors (Lipinski definition) is 3. The maximum absolute atomic E-state index is 13.5. The van der Waals surface area contributed by atoms with Gasteiger partial charge in [-0.2, -0.15) is 0 Å². The number of rotatable bonds is 1. The molecule has 0 radical (unpaired) electrons.